The molecular formula is C21H29FN4O3. The first-order valence-corrected chi connectivity index (χ1v) is 9.89. The minimum absolute atomic E-state index is 0.219. The smallest absolute Gasteiger partial charge is 0.191 e. The summed E-state index contributed by atoms with van der Waals surface area (Å²) in [5, 5.41) is 16.8. The Morgan fingerprint density at radius 2 is 2.07 bits per heavy atom. The van der Waals surface area contributed by atoms with Crippen LogP contribution in [0.4, 0.5) is 10.1 Å². The van der Waals surface area contributed by atoms with E-state index >= 15 is 0 Å². The molecule has 3 N–H and O–H groups in total. The maximum Gasteiger partial charge on any atom is 0.191 e. The molecule has 0 saturated carbocycles. The van der Waals surface area contributed by atoms with E-state index in [1.165, 1.54) is 12.3 Å². The number of rotatable bonds is 7. The molecule has 0 radical (unpaired) electrons. The first-order chi connectivity index (χ1) is 14.0. The molecule has 0 bridgehead atoms. The number of nitrogens with zero attached hydrogens (tertiary/aromatic N) is 2. The van der Waals surface area contributed by atoms with Gasteiger partial charge in [0.05, 0.1) is 38.3 Å². The summed E-state index contributed by atoms with van der Waals surface area (Å²) in [5.74, 6) is 0.761. The monoisotopic (exact) mass is 404 g/mol. The van der Waals surface area contributed by atoms with Crippen LogP contribution < -0.4 is 15.5 Å². The molecule has 1 atom stereocenters. The first-order valence-electron chi connectivity index (χ1n) is 9.89. The van der Waals surface area contributed by atoms with Gasteiger partial charge in [-0.1, -0.05) is 6.07 Å². The van der Waals surface area contributed by atoms with Gasteiger partial charge >= 0.3 is 0 Å². The summed E-state index contributed by atoms with van der Waals surface area (Å²) >= 11 is 0. The van der Waals surface area contributed by atoms with Gasteiger partial charge in [0.2, 0.25) is 0 Å². The van der Waals surface area contributed by atoms with Gasteiger partial charge in [-0.15, -0.1) is 0 Å². The summed E-state index contributed by atoms with van der Waals surface area (Å²) in [4.78, 5) is 6.50. The summed E-state index contributed by atoms with van der Waals surface area (Å²) in [6.45, 7) is 7.45. The van der Waals surface area contributed by atoms with Gasteiger partial charge in [0.15, 0.2) is 5.96 Å². The molecule has 29 heavy (non-hydrogen) atoms. The SMILES string of the molecule is CCNC(=NCc1ccc(N2CCOCC2)c(F)c1)NCC(C)(O)c1ccco1. The van der Waals surface area contributed by atoms with E-state index in [0.717, 1.165) is 5.56 Å². The molecule has 8 heteroatoms. The summed E-state index contributed by atoms with van der Waals surface area (Å²) < 4.78 is 25.2. The summed E-state index contributed by atoms with van der Waals surface area (Å²) in [6.07, 6.45) is 1.53. The largest absolute Gasteiger partial charge is 0.466 e. The van der Waals surface area contributed by atoms with Crippen molar-refractivity contribution in [3.63, 3.8) is 0 Å². The summed E-state index contributed by atoms with van der Waals surface area (Å²) in [7, 11) is 0. The highest BCUT2D eigenvalue weighted by molar-refractivity contribution is 5.79. The number of aliphatic hydroxyl groups is 1. The Labute approximate surface area is 170 Å². The van der Waals surface area contributed by atoms with Crippen molar-refractivity contribution in [2.24, 2.45) is 4.99 Å². The lowest BCUT2D eigenvalue weighted by molar-refractivity contribution is 0.0386. The van der Waals surface area contributed by atoms with E-state index in [1.54, 1.807) is 25.1 Å². The van der Waals surface area contributed by atoms with E-state index in [1.807, 2.05) is 17.9 Å². The molecule has 0 aliphatic carbocycles. The van der Waals surface area contributed by atoms with Crippen LogP contribution in [0.2, 0.25) is 0 Å². The van der Waals surface area contributed by atoms with Gasteiger partial charge in [0.25, 0.3) is 0 Å². The van der Waals surface area contributed by atoms with Gasteiger partial charge in [0, 0.05) is 19.6 Å². The second-order valence-corrected chi connectivity index (χ2v) is 7.19. The molecule has 2 heterocycles. The zero-order valence-corrected chi connectivity index (χ0v) is 16.9. The number of halogens is 1. The van der Waals surface area contributed by atoms with Crippen molar-refractivity contribution in [1.29, 1.82) is 0 Å². The molecule has 0 amide bonds. The van der Waals surface area contributed by atoms with Crippen LogP contribution in [0, 0.1) is 5.82 Å². The van der Waals surface area contributed by atoms with E-state index < -0.39 is 5.60 Å². The van der Waals surface area contributed by atoms with E-state index in [9.17, 15) is 9.50 Å². The predicted octanol–water partition coefficient (Wildman–Crippen LogP) is 2.22. The number of nitrogens with one attached hydrogen (secondary N) is 2. The highest BCUT2D eigenvalue weighted by Crippen LogP contribution is 2.22. The van der Waals surface area contributed by atoms with Crippen LogP contribution in [0.25, 0.3) is 0 Å². The molecular weight excluding hydrogens is 375 g/mol. The third-order valence-electron chi connectivity index (χ3n) is 4.78. The average molecular weight is 404 g/mol. The highest BCUT2D eigenvalue weighted by Gasteiger charge is 2.26. The number of hydrogen-bond acceptors (Lipinski definition) is 5. The number of morpholine rings is 1. The van der Waals surface area contributed by atoms with Crippen LogP contribution in [0.3, 0.4) is 0 Å². The van der Waals surface area contributed by atoms with Crippen LogP contribution >= 0.6 is 0 Å². The molecule has 1 aromatic heterocycles. The third kappa shape index (κ3) is 5.71. The Morgan fingerprint density at radius 1 is 1.28 bits per heavy atom. The van der Waals surface area contributed by atoms with Crippen LogP contribution in [0.5, 0.6) is 0 Å². The van der Waals surface area contributed by atoms with Crippen molar-refractivity contribution in [2.45, 2.75) is 26.0 Å². The number of anilines is 1. The van der Waals surface area contributed by atoms with E-state index in [0.29, 0.717) is 56.8 Å². The summed E-state index contributed by atoms with van der Waals surface area (Å²) in [5.41, 5.74) is 0.195. The molecule has 1 aliphatic rings. The first kappa shape index (κ1) is 21.1. The molecule has 158 valence electrons. The number of benzene rings is 1. The lowest BCUT2D eigenvalue weighted by Gasteiger charge is -2.29. The van der Waals surface area contributed by atoms with E-state index in [2.05, 4.69) is 15.6 Å². The molecule has 1 aliphatic heterocycles. The third-order valence-corrected chi connectivity index (χ3v) is 4.78. The van der Waals surface area contributed by atoms with Gasteiger partial charge < -0.3 is 29.8 Å². The fraction of sp³-hybridized carbons (Fsp3) is 0.476. The fourth-order valence-corrected chi connectivity index (χ4v) is 3.15. The molecule has 1 unspecified atom stereocenters. The molecule has 0 spiro atoms. The zero-order chi connectivity index (χ0) is 20.7. The van der Waals surface area contributed by atoms with Gasteiger partial charge in [0.1, 0.15) is 17.2 Å². The van der Waals surface area contributed by atoms with Crippen molar-refractivity contribution in [3.8, 4) is 0 Å². The normalized spacial score (nSPS) is 17.1. The Kier molecular flexibility index (Phi) is 7.11. The maximum absolute atomic E-state index is 14.6. The standard InChI is InChI=1S/C21H29FN4O3/c1-3-23-20(25-15-21(2,27)19-5-4-10-29-19)24-14-16-6-7-18(17(22)13-16)26-8-11-28-12-9-26/h4-7,10,13,27H,3,8-9,11-12,14-15H2,1-2H3,(H2,23,24,25). The lowest BCUT2D eigenvalue weighted by atomic mass is 10.0. The van der Waals surface area contributed by atoms with Crippen molar-refractivity contribution < 1.29 is 18.7 Å². The lowest BCUT2D eigenvalue weighted by Crippen LogP contribution is -2.44. The van der Waals surface area contributed by atoms with Crippen LogP contribution in [-0.2, 0) is 16.9 Å². The highest BCUT2D eigenvalue weighted by atomic mass is 19.1. The topological polar surface area (TPSA) is 82.3 Å². The average Bonchev–Trinajstić information content (AvgIpc) is 3.27. The number of hydrogen-bond donors (Lipinski definition) is 3. The Hall–Kier alpha value is -2.58. The Morgan fingerprint density at radius 3 is 2.72 bits per heavy atom. The number of furan rings is 1. The maximum atomic E-state index is 14.6. The minimum atomic E-state index is -1.17. The minimum Gasteiger partial charge on any atom is -0.466 e. The van der Waals surface area contributed by atoms with Crippen molar-refractivity contribution >= 4 is 11.6 Å². The second-order valence-electron chi connectivity index (χ2n) is 7.19. The fourth-order valence-electron chi connectivity index (χ4n) is 3.15. The van der Waals surface area contributed by atoms with Crippen LogP contribution in [0.1, 0.15) is 25.2 Å². The Bertz CT molecular complexity index is 802. The van der Waals surface area contributed by atoms with Crippen LogP contribution in [-0.4, -0.2) is 50.5 Å². The predicted molar refractivity (Wildman–Crippen MR) is 111 cm³/mol. The van der Waals surface area contributed by atoms with E-state index in [-0.39, 0.29) is 12.4 Å². The number of aliphatic imine (C=N–C) groups is 1. The molecule has 1 aromatic carbocycles. The molecule has 2 aromatic rings. The quantitative estimate of drug-likeness (QED) is 0.485. The Balaban J connectivity index is 1.62. The van der Waals surface area contributed by atoms with Crippen molar-refractivity contribution in [1.82, 2.24) is 10.6 Å². The van der Waals surface area contributed by atoms with Gasteiger partial charge in [-0.25, -0.2) is 9.38 Å². The van der Waals surface area contributed by atoms with Gasteiger partial charge in [-0.05, 0) is 43.7 Å². The molecule has 1 fully saturated rings. The molecule has 7 nitrogen and oxygen atoms in total. The van der Waals surface area contributed by atoms with Gasteiger partial charge in [-0.3, -0.25) is 0 Å². The number of ether oxygens (including phenoxy) is 1. The van der Waals surface area contributed by atoms with E-state index in [4.69, 9.17) is 9.15 Å². The van der Waals surface area contributed by atoms with Crippen molar-refractivity contribution in [2.75, 3.05) is 44.3 Å². The van der Waals surface area contributed by atoms with Gasteiger partial charge in [-0.2, -0.15) is 0 Å². The zero-order valence-electron chi connectivity index (χ0n) is 16.9. The molecule has 1 saturated heterocycles. The second kappa shape index (κ2) is 9.76. The molecule has 3 rings (SSSR count). The van der Waals surface area contributed by atoms with Crippen LogP contribution in [0.15, 0.2) is 46.0 Å². The number of guanidine groups is 1. The summed E-state index contributed by atoms with van der Waals surface area (Å²) in [6, 6.07) is 8.67. The van der Waals surface area contributed by atoms with Crippen molar-refractivity contribution in [3.05, 3.63) is 53.7 Å².